The number of nitrogens with one attached hydrogen (secondary N) is 1. The molecule has 0 saturated carbocycles. The highest BCUT2D eigenvalue weighted by atomic mass is 31.2. The highest BCUT2D eigenvalue weighted by Gasteiger charge is 2.27. The van der Waals surface area contributed by atoms with Crippen molar-refractivity contribution in [2.75, 3.05) is 40.9 Å². The molecule has 60 heavy (non-hydrogen) atoms. The summed E-state index contributed by atoms with van der Waals surface area (Å²) in [5.74, 6) is -0.197. The van der Waals surface area contributed by atoms with Crippen molar-refractivity contribution < 1.29 is 32.9 Å². The van der Waals surface area contributed by atoms with Gasteiger partial charge in [0, 0.05) is 6.42 Å². The number of carbonyl (C=O) groups excluding carboxylic acids is 1. The summed E-state index contributed by atoms with van der Waals surface area (Å²) in [6.45, 7) is 4.75. The van der Waals surface area contributed by atoms with Crippen molar-refractivity contribution in [2.24, 2.45) is 0 Å². The minimum atomic E-state index is -4.36. The van der Waals surface area contributed by atoms with Crippen molar-refractivity contribution in [1.82, 2.24) is 5.32 Å². The molecule has 1 amide bonds. The summed E-state index contributed by atoms with van der Waals surface area (Å²) in [4.78, 5) is 23.2. The summed E-state index contributed by atoms with van der Waals surface area (Å²) in [5, 5.41) is 13.8. The van der Waals surface area contributed by atoms with Crippen LogP contribution < -0.4 is 5.32 Å². The first-order valence-electron chi connectivity index (χ1n) is 24.7. The van der Waals surface area contributed by atoms with E-state index in [0.717, 1.165) is 44.9 Å². The van der Waals surface area contributed by atoms with Crippen LogP contribution in [0, 0.1) is 0 Å². The molecule has 3 atom stereocenters. The van der Waals surface area contributed by atoms with Gasteiger partial charge in [-0.15, -0.1) is 0 Å². The molecule has 0 aromatic heterocycles. The van der Waals surface area contributed by atoms with Gasteiger partial charge in [-0.3, -0.25) is 13.8 Å². The van der Waals surface area contributed by atoms with Gasteiger partial charge < -0.3 is 19.8 Å². The fourth-order valence-electron chi connectivity index (χ4n) is 6.77. The number of rotatable bonds is 44. The van der Waals surface area contributed by atoms with Crippen LogP contribution in [0.3, 0.4) is 0 Å². The van der Waals surface area contributed by atoms with Crippen LogP contribution in [0.5, 0.6) is 0 Å². The second-order valence-electron chi connectivity index (χ2n) is 17.8. The van der Waals surface area contributed by atoms with Gasteiger partial charge in [0.25, 0.3) is 0 Å². The van der Waals surface area contributed by atoms with Gasteiger partial charge in [-0.05, 0) is 70.6 Å². The maximum Gasteiger partial charge on any atom is 0.472 e. The zero-order chi connectivity index (χ0) is 44.3. The third-order valence-electron chi connectivity index (χ3n) is 10.7. The molecular weight excluding hydrogens is 768 g/mol. The lowest BCUT2D eigenvalue weighted by Crippen LogP contribution is -2.45. The first-order valence-corrected chi connectivity index (χ1v) is 26.2. The summed E-state index contributed by atoms with van der Waals surface area (Å²) in [6.07, 6.45) is 55.8. The molecule has 0 aliphatic rings. The predicted molar refractivity (Wildman–Crippen MR) is 258 cm³/mol. The molecule has 0 heterocycles. The highest BCUT2D eigenvalue weighted by Crippen LogP contribution is 2.43. The lowest BCUT2D eigenvalue weighted by atomic mass is 10.0. The number of likely N-dealkylation sites (N-methyl/N-ethyl adjacent to an activating group) is 1. The number of carbonyl (C=O) groups is 1. The first kappa shape index (κ1) is 58.2. The van der Waals surface area contributed by atoms with Crippen molar-refractivity contribution >= 4 is 13.7 Å². The monoisotopic (exact) mass is 864 g/mol. The molecule has 9 heteroatoms. The number of phosphoric ester groups is 1. The molecule has 0 bridgehead atoms. The molecule has 0 radical (unpaired) electrons. The number of hydrogen-bond acceptors (Lipinski definition) is 5. The third-order valence-corrected chi connectivity index (χ3v) is 11.7. The fourth-order valence-corrected chi connectivity index (χ4v) is 7.50. The molecule has 0 saturated heterocycles. The number of quaternary nitrogens is 1. The van der Waals surface area contributed by atoms with Crippen LogP contribution in [-0.4, -0.2) is 73.4 Å². The minimum absolute atomic E-state index is 0.0509. The lowest BCUT2D eigenvalue weighted by Gasteiger charge is -2.25. The Balaban J connectivity index is 4.43. The number of nitrogens with zero attached hydrogens (tertiary/aromatic N) is 1. The van der Waals surface area contributed by atoms with E-state index in [2.05, 4.69) is 67.8 Å². The lowest BCUT2D eigenvalue weighted by molar-refractivity contribution is -0.870. The second-order valence-corrected chi connectivity index (χ2v) is 19.3. The molecule has 3 unspecified atom stereocenters. The fraction of sp³-hybridized carbons (Fsp3) is 0.784. The smallest absolute Gasteiger partial charge is 0.387 e. The Morgan fingerprint density at radius 1 is 0.567 bits per heavy atom. The third kappa shape index (κ3) is 44.3. The van der Waals surface area contributed by atoms with E-state index in [4.69, 9.17) is 9.05 Å². The zero-order valence-corrected chi connectivity index (χ0v) is 40.6. The summed E-state index contributed by atoms with van der Waals surface area (Å²) in [7, 11) is 1.54. The number of allylic oxidation sites excluding steroid dienone is 9. The molecule has 3 N–H and O–H groups in total. The van der Waals surface area contributed by atoms with Crippen LogP contribution in [0.1, 0.15) is 206 Å². The number of aliphatic hydroxyl groups excluding tert-OH is 1. The van der Waals surface area contributed by atoms with Crippen molar-refractivity contribution in [3.8, 4) is 0 Å². The zero-order valence-electron chi connectivity index (χ0n) is 39.7. The molecule has 350 valence electrons. The molecule has 8 nitrogen and oxygen atoms in total. The van der Waals surface area contributed by atoms with Crippen LogP contribution in [-0.2, 0) is 18.4 Å². The van der Waals surface area contributed by atoms with Gasteiger partial charge in [-0.2, -0.15) is 0 Å². The van der Waals surface area contributed by atoms with Gasteiger partial charge >= 0.3 is 7.82 Å². The van der Waals surface area contributed by atoms with Gasteiger partial charge in [0.1, 0.15) is 13.2 Å². The Morgan fingerprint density at radius 2 is 0.967 bits per heavy atom. The predicted octanol–water partition coefficient (Wildman–Crippen LogP) is 14.2. The number of hydrogen-bond donors (Lipinski definition) is 3. The Hall–Kier alpha value is -1.80. The Labute approximate surface area is 371 Å². The van der Waals surface area contributed by atoms with Crippen molar-refractivity contribution in [3.63, 3.8) is 0 Å². The van der Waals surface area contributed by atoms with Gasteiger partial charge in [-0.25, -0.2) is 4.57 Å². The van der Waals surface area contributed by atoms with Crippen LogP contribution in [0.2, 0.25) is 0 Å². The van der Waals surface area contributed by atoms with Crippen molar-refractivity contribution in [2.45, 2.75) is 219 Å². The first-order chi connectivity index (χ1) is 29.0. The van der Waals surface area contributed by atoms with E-state index in [1.54, 1.807) is 6.08 Å². The number of amides is 1. The SMILES string of the molecule is CCCCC/C=C\C=C/CCCCCCCCCCCCC(=O)NC(COP(=O)(O)OCC[N+](C)(C)C)C(O)/C=C/CC/C=C/CC/C=C/CCCCCCCCCCC. The number of unbranched alkanes of at least 4 members (excludes halogenated alkanes) is 24. The van der Waals surface area contributed by atoms with Crippen LogP contribution in [0.4, 0.5) is 0 Å². The van der Waals surface area contributed by atoms with Crippen molar-refractivity contribution in [1.29, 1.82) is 0 Å². The van der Waals surface area contributed by atoms with E-state index >= 15 is 0 Å². The maximum atomic E-state index is 12.9. The van der Waals surface area contributed by atoms with Crippen LogP contribution in [0.25, 0.3) is 0 Å². The number of aliphatic hydroxyl groups is 1. The van der Waals surface area contributed by atoms with Gasteiger partial charge in [0.15, 0.2) is 0 Å². The Bertz CT molecular complexity index is 1160. The van der Waals surface area contributed by atoms with E-state index in [1.807, 2.05) is 27.2 Å². The normalized spacial score (nSPS) is 14.7. The van der Waals surface area contributed by atoms with Crippen molar-refractivity contribution in [3.05, 3.63) is 60.8 Å². The van der Waals surface area contributed by atoms with Gasteiger partial charge in [0.2, 0.25) is 5.91 Å². The molecule has 0 aliphatic carbocycles. The molecular formula is C51H96N2O6P+. The standard InChI is InChI=1S/C51H95N2O6P/c1-6-8-10-12-14-16-18-20-22-24-26-28-30-32-34-36-38-40-42-44-50(54)49(48-59-60(56,57)58-47-46-53(3,4)5)52-51(55)45-43-41-39-37-35-33-31-29-27-25-23-21-19-17-15-13-11-9-7-2/h15,17,19,21,26,28,34,36,42,44,49-50,54H,6-14,16,18,20,22-25,27,29-33,35,37-41,43,45-48H2,1-5H3,(H-,52,55,56,57)/p+1/b17-15-,21-19-,28-26+,36-34+,44-42+. The maximum absolute atomic E-state index is 12.9. The topological polar surface area (TPSA) is 105 Å². The molecule has 0 aromatic rings. The number of phosphoric acid groups is 1. The molecule has 0 aromatic carbocycles. The Morgan fingerprint density at radius 3 is 1.47 bits per heavy atom. The van der Waals surface area contributed by atoms with E-state index in [0.29, 0.717) is 17.4 Å². The molecule has 0 rings (SSSR count). The van der Waals surface area contributed by atoms with Gasteiger partial charge in [0.05, 0.1) is 39.9 Å². The molecule has 0 spiro atoms. The van der Waals surface area contributed by atoms with E-state index in [-0.39, 0.29) is 19.1 Å². The van der Waals surface area contributed by atoms with Gasteiger partial charge in [-0.1, -0.05) is 190 Å². The minimum Gasteiger partial charge on any atom is -0.387 e. The second kappa shape index (κ2) is 42.5. The summed E-state index contributed by atoms with van der Waals surface area (Å²) < 4.78 is 23.6. The van der Waals surface area contributed by atoms with E-state index in [9.17, 15) is 19.4 Å². The highest BCUT2D eigenvalue weighted by molar-refractivity contribution is 7.47. The summed E-state index contributed by atoms with van der Waals surface area (Å²) >= 11 is 0. The summed E-state index contributed by atoms with van der Waals surface area (Å²) in [5.41, 5.74) is 0. The van der Waals surface area contributed by atoms with E-state index < -0.39 is 20.0 Å². The largest absolute Gasteiger partial charge is 0.472 e. The molecule has 0 aliphatic heterocycles. The van der Waals surface area contributed by atoms with E-state index in [1.165, 1.54) is 141 Å². The van der Waals surface area contributed by atoms with Crippen LogP contribution >= 0.6 is 7.82 Å². The summed E-state index contributed by atoms with van der Waals surface area (Å²) in [6, 6.07) is -0.873. The average Bonchev–Trinajstić information content (AvgIpc) is 3.20. The molecule has 0 fully saturated rings. The Kier molecular flexibility index (Phi) is 41.2. The average molecular weight is 864 g/mol. The quantitative estimate of drug-likeness (QED) is 0.0185. The van der Waals surface area contributed by atoms with Crippen LogP contribution in [0.15, 0.2) is 60.8 Å².